The van der Waals surface area contributed by atoms with Crippen LogP contribution in [-0.2, 0) is 11.3 Å². The molecule has 146 valence electrons. The monoisotopic (exact) mass is 524 g/mol. The van der Waals surface area contributed by atoms with Crippen LogP contribution in [0.3, 0.4) is 0 Å². The highest BCUT2D eigenvalue weighted by Gasteiger charge is 2.15. The molecule has 28 heavy (non-hydrogen) atoms. The molecule has 0 aliphatic rings. The number of carbonyl (C=O) groups excluding carboxylic acids is 1. The van der Waals surface area contributed by atoms with Gasteiger partial charge in [0.25, 0.3) is 0 Å². The molecule has 1 N–H and O–H groups in total. The van der Waals surface area contributed by atoms with Gasteiger partial charge in [-0.15, -0.1) is 10.2 Å². The maximum absolute atomic E-state index is 12.4. The van der Waals surface area contributed by atoms with Gasteiger partial charge >= 0.3 is 0 Å². The van der Waals surface area contributed by atoms with Gasteiger partial charge in [0.2, 0.25) is 5.91 Å². The second-order valence-electron chi connectivity index (χ2n) is 5.74. The van der Waals surface area contributed by atoms with Crippen LogP contribution in [0.15, 0.2) is 56.6 Å². The average molecular weight is 526 g/mol. The number of nitrogens with one attached hydrogen (secondary N) is 1. The van der Waals surface area contributed by atoms with Crippen molar-refractivity contribution in [2.24, 2.45) is 0 Å². The first-order valence-electron chi connectivity index (χ1n) is 8.47. The van der Waals surface area contributed by atoms with E-state index in [0.29, 0.717) is 11.7 Å². The maximum atomic E-state index is 12.4. The molecule has 6 nitrogen and oxygen atoms in total. The fourth-order valence-electron chi connectivity index (χ4n) is 2.54. The number of hydrogen-bond acceptors (Lipinski definition) is 5. The number of rotatable bonds is 7. The summed E-state index contributed by atoms with van der Waals surface area (Å²) in [6.07, 6.45) is 0. The minimum Gasteiger partial charge on any atom is -0.497 e. The topological polar surface area (TPSA) is 69.0 Å². The molecule has 1 heterocycles. The van der Waals surface area contributed by atoms with E-state index in [0.717, 1.165) is 31.8 Å². The fourth-order valence-corrected chi connectivity index (χ4v) is 4.05. The Morgan fingerprint density at radius 3 is 2.61 bits per heavy atom. The highest BCUT2D eigenvalue weighted by molar-refractivity contribution is 9.11. The zero-order chi connectivity index (χ0) is 20.1. The van der Waals surface area contributed by atoms with Gasteiger partial charge in [-0.3, -0.25) is 4.79 Å². The Kier molecular flexibility index (Phi) is 7.14. The van der Waals surface area contributed by atoms with E-state index in [1.54, 1.807) is 7.11 Å². The predicted octanol–water partition coefficient (Wildman–Crippen LogP) is 5.23. The number of anilines is 1. The van der Waals surface area contributed by atoms with Crippen LogP contribution in [0, 0.1) is 0 Å². The number of hydrogen-bond donors (Lipinski definition) is 1. The summed E-state index contributed by atoms with van der Waals surface area (Å²) >= 11 is 8.21. The second kappa shape index (κ2) is 9.58. The van der Waals surface area contributed by atoms with Crippen LogP contribution in [-0.4, -0.2) is 33.5 Å². The molecule has 0 saturated carbocycles. The van der Waals surface area contributed by atoms with E-state index in [1.807, 2.05) is 54.0 Å². The van der Waals surface area contributed by atoms with Crippen molar-refractivity contribution in [1.29, 1.82) is 0 Å². The van der Waals surface area contributed by atoms with Gasteiger partial charge in [0.05, 0.1) is 18.6 Å². The number of benzene rings is 2. The third-order valence-electron chi connectivity index (χ3n) is 3.92. The number of amides is 1. The third-order valence-corrected chi connectivity index (χ3v) is 6.07. The maximum Gasteiger partial charge on any atom is 0.234 e. The first-order valence-corrected chi connectivity index (χ1v) is 11.0. The van der Waals surface area contributed by atoms with Gasteiger partial charge in [0, 0.05) is 21.1 Å². The van der Waals surface area contributed by atoms with Crippen LogP contribution in [0.5, 0.6) is 5.75 Å². The second-order valence-corrected chi connectivity index (χ2v) is 8.45. The molecule has 0 bridgehead atoms. The SMILES string of the molecule is CCn1c(SCC(=O)Nc2cc(Br)ccc2Br)nnc1-c1ccc(OC)cc1. The molecule has 0 aliphatic heterocycles. The van der Waals surface area contributed by atoms with E-state index < -0.39 is 0 Å². The Hall–Kier alpha value is -1.84. The highest BCUT2D eigenvalue weighted by Crippen LogP contribution is 2.28. The standard InChI is InChI=1S/C19H18Br2N4O2S/c1-3-25-18(12-4-7-14(27-2)8-5-12)23-24-19(25)28-11-17(26)22-16-10-13(20)6-9-15(16)21/h4-10H,3,11H2,1-2H3,(H,22,26). The van der Waals surface area contributed by atoms with Crippen molar-refractivity contribution >= 4 is 55.2 Å². The molecule has 0 atom stereocenters. The van der Waals surface area contributed by atoms with Crippen molar-refractivity contribution < 1.29 is 9.53 Å². The van der Waals surface area contributed by atoms with E-state index in [9.17, 15) is 4.79 Å². The molecule has 1 amide bonds. The number of aromatic nitrogens is 3. The van der Waals surface area contributed by atoms with E-state index >= 15 is 0 Å². The van der Waals surface area contributed by atoms with Gasteiger partial charge in [-0.2, -0.15) is 0 Å². The largest absolute Gasteiger partial charge is 0.497 e. The van der Waals surface area contributed by atoms with E-state index in [1.165, 1.54) is 11.8 Å². The Morgan fingerprint density at radius 2 is 1.93 bits per heavy atom. The summed E-state index contributed by atoms with van der Waals surface area (Å²) in [7, 11) is 1.63. The fraction of sp³-hybridized carbons (Fsp3) is 0.211. The molecule has 2 aromatic carbocycles. The van der Waals surface area contributed by atoms with E-state index in [4.69, 9.17) is 4.74 Å². The van der Waals surface area contributed by atoms with Crippen molar-refractivity contribution in [3.8, 4) is 17.1 Å². The number of thioether (sulfide) groups is 1. The number of ether oxygens (including phenoxy) is 1. The van der Waals surface area contributed by atoms with Crippen LogP contribution >= 0.6 is 43.6 Å². The Bertz CT molecular complexity index is 977. The van der Waals surface area contributed by atoms with Crippen molar-refractivity contribution in [2.75, 3.05) is 18.2 Å². The summed E-state index contributed by atoms with van der Waals surface area (Å²) in [4.78, 5) is 12.4. The minimum atomic E-state index is -0.111. The highest BCUT2D eigenvalue weighted by atomic mass is 79.9. The molecule has 0 spiro atoms. The Labute approximate surface area is 184 Å². The molecular formula is C19H18Br2N4O2S. The van der Waals surface area contributed by atoms with Crippen LogP contribution in [0.1, 0.15) is 6.92 Å². The van der Waals surface area contributed by atoms with Crippen molar-refractivity contribution in [1.82, 2.24) is 14.8 Å². The van der Waals surface area contributed by atoms with E-state index in [-0.39, 0.29) is 11.7 Å². The summed E-state index contributed by atoms with van der Waals surface area (Å²) in [5, 5.41) is 12.2. The van der Waals surface area contributed by atoms with Crippen LogP contribution in [0.25, 0.3) is 11.4 Å². The summed E-state index contributed by atoms with van der Waals surface area (Å²) in [5.74, 6) is 1.68. The van der Waals surface area contributed by atoms with Crippen LogP contribution < -0.4 is 10.1 Å². The van der Waals surface area contributed by atoms with Gasteiger partial charge < -0.3 is 14.6 Å². The van der Waals surface area contributed by atoms with Gasteiger partial charge in [0.15, 0.2) is 11.0 Å². The molecule has 1 aromatic heterocycles. The normalized spacial score (nSPS) is 10.7. The predicted molar refractivity (Wildman–Crippen MR) is 119 cm³/mol. The Balaban J connectivity index is 1.69. The number of halogens is 2. The summed E-state index contributed by atoms with van der Waals surface area (Å²) in [6.45, 7) is 2.73. The molecule has 0 unspecified atom stereocenters. The number of nitrogens with zero attached hydrogens (tertiary/aromatic N) is 3. The summed E-state index contributed by atoms with van der Waals surface area (Å²) in [6, 6.07) is 13.3. The minimum absolute atomic E-state index is 0.111. The lowest BCUT2D eigenvalue weighted by atomic mass is 10.2. The molecular weight excluding hydrogens is 508 g/mol. The Morgan fingerprint density at radius 1 is 1.18 bits per heavy atom. The van der Waals surface area contributed by atoms with Crippen molar-refractivity contribution in [3.63, 3.8) is 0 Å². The quantitative estimate of drug-likeness (QED) is 0.428. The lowest BCUT2D eigenvalue weighted by Gasteiger charge is -2.09. The number of methoxy groups -OCH3 is 1. The molecule has 3 aromatic rings. The van der Waals surface area contributed by atoms with Gasteiger partial charge in [-0.25, -0.2) is 0 Å². The van der Waals surface area contributed by atoms with Crippen molar-refractivity contribution in [2.45, 2.75) is 18.6 Å². The lowest BCUT2D eigenvalue weighted by Crippen LogP contribution is -2.15. The molecule has 0 aliphatic carbocycles. The van der Waals surface area contributed by atoms with Gasteiger partial charge in [-0.05, 0) is 65.3 Å². The molecule has 3 rings (SSSR count). The smallest absolute Gasteiger partial charge is 0.234 e. The van der Waals surface area contributed by atoms with Crippen LogP contribution in [0.2, 0.25) is 0 Å². The lowest BCUT2D eigenvalue weighted by molar-refractivity contribution is -0.113. The van der Waals surface area contributed by atoms with E-state index in [2.05, 4.69) is 47.4 Å². The molecule has 0 fully saturated rings. The average Bonchev–Trinajstić information content (AvgIpc) is 3.12. The van der Waals surface area contributed by atoms with Gasteiger partial charge in [-0.1, -0.05) is 27.7 Å². The third kappa shape index (κ3) is 4.95. The first-order chi connectivity index (χ1) is 13.5. The molecule has 9 heteroatoms. The first kappa shape index (κ1) is 20.9. The summed E-state index contributed by atoms with van der Waals surface area (Å²) in [5.41, 5.74) is 1.67. The van der Waals surface area contributed by atoms with Crippen LogP contribution in [0.4, 0.5) is 5.69 Å². The zero-order valence-corrected chi connectivity index (χ0v) is 19.3. The van der Waals surface area contributed by atoms with Gasteiger partial charge in [0.1, 0.15) is 5.75 Å². The van der Waals surface area contributed by atoms with Crippen molar-refractivity contribution in [3.05, 3.63) is 51.4 Å². The zero-order valence-electron chi connectivity index (χ0n) is 15.3. The summed E-state index contributed by atoms with van der Waals surface area (Å²) < 4.78 is 8.92. The number of carbonyl (C=O) groups is 1. The molecule has 0 saturated heterocycles. The molecule has 0 radical (unpaired) electrons.